The van der Waals surface area contributed by atoms with Gasteiger partial charge in [0.05, 0.1) is 13.0 Å². The van der Waals surface area contributed by atoms with Gasteiger partial charge in [-0.3, -0.25) is 0 Å². The first-order chi connectivity index (χ1) is 11.7. The lowest BCUT2D eigenvalue weighted by Gasteiger charge is -2.09. The summed E-state index contributed by atoms with van der Waals surface area (Å²) >= 11 is 5.87. The first kappa shape index (κ1) is 16.4. The molecule has 0 saturated heterocycles. The topological polar surface area (TPSA) is 44.5 Å². The Morgan fingerprint density at radius 2 is 1.92 bits per heavy atom. The van der Waals surface area contributed by atoms with Crippen LogP contribution in [-0.4, -0.2) is 12.1 Å². The van der Waals surface area contributed by atoms with Gasteiger partial charge in [-0.05, 0) is 25.1 Å². The highest BCUT2D eigenvalue weighted by Gasteiger charge is 2.12. The second-order valence-electron chi connectivity index (χ2n) is 5.28. The molecule has 0 radical (unpaired) electrons. The van der Waals surface area contributed by atoms with Gasteiger partial charge in [0.1, 0.15) is 29.6 Å². The molecule has 0 amide bonds. The summed E-state index contributed by atoms with van der Waals surface area (Å²) in [6, 6.07) is 15.4. The van der Waals surface area contributed by atoms with Crippen molar-refractivity contribution in [2.75, 3.05) is 7.11 Å². The Kier molecular flexibility index (Phi) is 5.06. The van der Waals surface area contributed by atoms with Crippen LogP contribution in [0, 0.1) is 6.92 Å². The number of benzene rings is 2. The fourth-order valence-electron chi connectivity index (χ4n) is 2.34. The molecular formula is C19H18ClNO3. The van der Waals surface area contributed by atoms with E-state index < -0.39 is 0 Å². The fourth-order valence-corrected chi connectivity index (χ4v) is 2.56. The van der Waals surface area contributed by atoms with Crippen molar-refractivity contribution in [2.45, 2.75) is 19.4 Å². The molecule has 4 nitrogen and oxygen atoms in total. The van der Waals surface area contributed by atoms with E-state index in [4.69, 9.17) is 25.5 Å². The minimum absolute atomic E-state index is 0.325. The minimum atomic E-state index is 0.325. The van der Waals surface area contributed by atoms with E-state index in [0.717, 1.165) is 22.6 Å². The van der Waals surface area contributed by atoms with E-state index in [9.17, 15) is 0 Å². The molecule has 3 aromatic rings. The molecule has 0 spiro atoms. The van der Waals surface area contributed by atoms with Crippen molar-refractivity contribution in [3.8, 4) is 23.0 Å². The molecule has 0 saturated carbocycles. The zero-order chi connectivity index (χ0) is 16.9. The number of oxazole rings is 1. The summed E-state index contributed by atoms with van der Waals surface area (Å²) in [5, 5.41) is 0. The number of aryl methyl sites for hydroxylation is 1. The maximum atomic E-state index is 5.87. The van der Waals surface area contributed by atoms with Crippen LogP contribution in [0.2, 0.25) is 0 Å². The molecular weight excluding hydrogens is 326 g/mol. The molecule has 0 bridgehead atoms. The average molecular weight is 344 g/mol. The molecule has 124 valence electrons. The Bertz CT molecular complexity index is 815. The molecule has 24 heavy (non-hydrogen) atoms. The van der Waals surface area contributed by atoms with Gasteiger partial charge in [-0.25, -0.2) is 4.98 Å². The Labute approximate surface area is 146 Å². The van der Waals surface area contributed by atoms with Gasteiger partial charge in [0.2, 0.25) is 5.89 Å². The molecule has 0 atom stereocenters. The first-order valence-electron chi connectivity index (χ1n) is 7.58. The van der Waals surface area contributed by atoms with Crippen molar-refractivity contribution < 1.29 is 13.9 Å². The van der Waals surface area contributed by atoms with Gasteiger partial charge in [0.25, 0.3) is 0 Å². The van der Waals surface area contributed by atoms with Crippen molar-refractivity contribution in [1.29, 1.82) is 0 Å². The Balaban J connectivity index is 1.74. The van der Waals surface area contributed by atoms with Crippen LogP contribution >= 0.6 is 11.6 Å². The summed E-state index contributed by atoms with van der Waals surface area (Å²) in [5.41, 5.74) is 2.64. The molecule has 0 aliphatic heterocycles. The highest BCUT2D eigenvalue weighted by Crippen LogP contribution is 2.27. The molecule has 1 heterocycles. The van der Waals surface area contributed by atoms with E-state index in [0.29, 0.717) is 29.9 Å². The molecule has 2 aromatic carbocycles. The maximum Gasteiger partial charge on any atom is 0.226 e. The second kappa shape index (κ2) is 7.41. The van der Waals surface area contributed by atoms with E-state index in [1.165, 1.54) is 0 Å². The van der Waals surface area contributed by atoms with Crippen molar-refractivity contribution in [3.63, 3.8) is 0 Å². The van der Waals surface area contributed by atoms with Crippen LogP contribution < -0.4 is 9.47 Å². The van der Waals surface area contributed by atoms with E-state index >= 15 is 0 Å². The van der Waals surface area contributed by atoms with Gasteiger partial charge in [-0.15, -0.1) is 11.6 Å². The van der Waals surface area contributed by atoms with Crippen LogP contribution in [0.1, 0.15) is 17.0 Å². The van der Waals surface area contributed by atoms with E-state index in [-0.39, 0.29) is 0 Å². The molecule has 1 aromatic heterocycles. The zero-order valence-electron chi connectivity index (χ0n) is 13.6. The van der Waals surface area contributed by atoms with Crippen molar-refractivity contribution in [3.05, 3.63) is 65.5 Å². The SMILES string of the molecule is COc1cc(OCc2nc(-c3ccccc3)oc2C)ccc1CCl. The van der Waals surface area contributed by atoms with Crippen LogP contribution in [0.5, 0.6) is 11.5 Å². The molecule has 0 aliphatic carbocycles. The lowest BCUT2D eigenvalue weighted by Crippen LogP contribution is -1.99. The van der Waals surface area contributed by atoms with E-state index in [2.05, 4.69) is 4.98 Å². The third-order valence-corrected chi connectivity index (χ3v) is 3.98. The summed E-state index contributed by atoms with van der Waals surface area (Å²) in [6.07, 6.45) is 0. The molecule has 0 unspecified atom stereocenters. The summed E-state index contributed by atoms with van der Waals surface area (Å²) in [4.78, 5) is 4.53. The Morgan fingerprint density at radius 1 is 1.12 bits per heavy atom. The molecule has 0 N–H and O–H groups in total. The number of alkyl halides is 1. The lowest BCUT2D eigenvalue weighted by molar-refractivity contribution is 0.297. The Hall–Kier alpha value is -2.46. The minimum Gasteiger partial charge on any atom is -0.496 e. The number of rotatable bonds is 6. The van der Waals surface area contributed by atoms with Crippen LogP contribution in [-0.2, 0) is 12.5 Å². The molecule has 5 heteroatoms. The van der Waals surface area contributed by atoms with E-state index in [1.54, 1.807) is 7.11 Å². The summed E-state index contributed by atoms with van der Waals surface area (Å²) in [5.74, 6) is 3.15. The Morgan fingerprint density at radius 3 is 2.62 bits per heavy atom. The number of ether oxygens (including phenoxy) is 2. The summed E-state index contributed by atoms with van der Waals surface area (Å²) in [7, 11) is 1.61. The number of nitrogens with zero attached hydrogens (tertiary/aromatic N) is 1. The first-order valence-corrected chi connectivity index (χ1v) is 8.12. The number of methoxy groups -OCH3 is 1. The van der Waals surface area contributed by atoms with Gasteiger partial charge in [-0.2, -0.15) is 0 Å². The number of hydrogen-bond acceptors (Lipinski definition) is 4. The van der Waals surface area contributed by atoms with Gasteiger partial charge < -0.3 is 13.9 Å². The highest BCUT2D eigenvalue weighted by molar-refractivity contribution is 6.17. The monoisotopic (exact) mass is 343 g/mol. The van der Waals surface area contributed by atoms with Gasteiger partial charge in [0.15, 0.2) is 0 Å². The van der Waals surface area contributed by atoms with Crippen LogP contribution in [0.3, 0.4) is 0 Å². The predicted molar refractivity (Wildman–Crippen MR) is 93.6 cm³/mol. The molecule has 0 fully saturated rings. The van der Waals surface area contributed by atoms with Gasteiger partial charge in [0, 0.05) is 17.2 Å². The fraction of sp³-hybridized carbons (Fsp3) is 0.211. The second-order valence-corrected chi connectivity index (χ2v) is 5.55. The number of hydrogen-bond donors (Lipinski definition) is 0. The van der Waals surface area contributed by atoms with Crippen LogP contribution in [0.15, 0.2) is 52.9 Å². The smallest absolute Gasteiger partial charge is 0.226 e. The third kappa shape index (κ3) is 3.54. The number of aromatic nitrogens is 1. The third-order valence-electron chi connectivity index (χ3n) is 3.69. The normalized spacial score (nSPS) is 10.6. The quantitative estimate of drug-likeness (QED) is 0.592. The molecule has 3 rings (SSSR count). The van der Waals surface area contributed by atoms with Crippen molar-refractivity contribution >= 4 is 11.6 Å². The maximum absolute atomic E-state index is 5.87. The largest absolute Gasteiger partial charge is 0.496 e. The van der Waals surface area contributed by atoms with Crippen LogP contribution in [0.4, 0.5) is 0 Å². The predicted octanol–water partition coefficient (Wildman–Crippen LogP) is 4.98. The highest BCUT2D eigenvalue weighted by atomic mass is 35.5. The van der Waals surface area contributed by atoms with Crippen molar-refractivity contribution in [1.82, 2.24) is 4.98 Å². The molecule has 0 aliphatic rings. The van der Waals surface area contributed by atoms with Gasteiger partial charge in [-0.1, -0.05) is 24.3 Å². The standard InChI is InChI=1S/C19H18ClNO3/c1-13-17(21-19(24-13)14-6-4-3-5-7-14)12-23-16-9-8-15(11-20)18(10-16)22-2/h3-10H,11-12H2,1-2H3. The van der Waals surface area contributed by atoms with E-state index in [1.807, 2.05) is 55.5 Å². The average Bonchev–Trinajstić information content (AvgIpc) is 3.01. The summed E-state index contributed by atoms with van der Waals surface area (Å²) < 4.78 is 16.9. The van der Waals surface area contributed by atoms with Crippen molar-refractivity contribution in [2.24, 2.45) is 0 Å². The van der Waals surface area contributed by atoms with Crippen LogP contribution in [0.25, 0.3) is 11.5 Å². The summed E-state index contributed by atoms with van der Waals surface area (Å²) in [6.45, 7) is 2.21. The lowest BCUT2D eigenvalue weighted by atomic mass is 10.2. The zero-order valence-corrected chi connectivity index (χ0v) is 14.3. The van der Waals surface area contributed by atoms with Gasteiger partial charge >= 0.3 is 0 Å². The number of halogens is 1.